The Morgan fingerprint density at radius 1 is 1.10 bits per heavy atom. The van der Waals surface area contributed by atoms with Gasteiger partial charge in [-0.25, -0.2) is 9.69 Å². The number of carbonyl (C=O) groups excluding carboxylic acids is 1. The van der Waals surface area contributed by atoms with Gasteiger partial charge in [-0.3, -0.25) is 9.80 Å². The molecule has 1 saturated heterocycles. The molecule has 3 heterocycles. The van der Waals surface area contributed by atoms with Crippen LogP contribution < -0.4 is 0 Å². The van der Waals surface area contributed by atoms with Crippen molar-refractivity contribution < 1.29 is 4.79 Å². The fraction of sp³-hybridized carbons (Fsp3) is 0.304. The van der Waals surface area contributed by atoms with Crippen molar-refractivity contribution in [2.24, 2.45) is 5.92 Å². The summed E-state index contributed by atoms with van der Waals surface area (Å²) in [4.78, 5) is 13.0. The highest BCUT2D eigenvalue weighted by Gasteiger charge is 2.46. The van der Waals surface area contributed by atoms with Crippen molar-refractivity contribution in [1.29, 1.82) is 0 Å². The Balaban J connectivity index is 1.45. The average Bonchev–Trinajstić information content (AvgIpc) is 3.26. The van der Waals surface area contributed by atoms with E-state index in [0.717, 1.165) is 29.2 Å². The third-order valence-corrected chi connectivity index (χ3v) is 7.18. The zero-order chi connectivity index (χ0) is 20.0. The van der Waals surface area contributed by atoms with Crippen LogP contribution in [0.1, 0.15) is 22.9 Å². The zero-order valence-corrected chi connectivity index (χ0v) is 17.5. The minimum Gasteiger partial charge on any atom is -0.274 e. The highest BCUT2D eigenvalue weighted by Crippen LogP contribution is 2.48. The van der Waals surface area contributed by atoms with Gasteiger partial charge in [0.15, 0.2) is 0 Å². The Morgan fingerprint density at radius 3 is 2.52 bits per heavy atom. The van der Waals surface area contributed by atoms with Crippen LogP contribution in [-0.2, 0) is 11.2 Å². The summed E-state index contributed by atoms with van der Waals surface area (Å²) in [5.41, 5.74) is 4.47. The second kappa shape index (κ2) is 7.35. The third kappa shape index (κ3) is 3.16. The number of aryl methyl sites for hydroxylation is 1. The number of hydrazine groups is 1. The number of carbonyl (C=O) groups is 1. The Labute approximate surface area is 175 Å². The van der Waals surface area contributed by atoms with E-state index in [1.54, 1.807) is 0 Å². The molecule has 6 heteroatoms. The first kappa shape index (κ1) is 18.5. The van der Waals surface area contributed by atoms with Gasteiger partial charge < -0.3 is 0 Å². The maximum absolute atomic E-state index is 13.0. The lowest BCUT2D eigenvalue weighted by Crippen LogP contribution is -2.40. The van der Waals surface area contributed by atoms with E-state index in [2.05, 4.69) is 28.7 Å². The molecule has 3 aromatic rings. The number of para-hydroxylation sites is 1. The molecule has 1 aromatic heterocycles. The molecule has 0 aliphatic carbocycles. The Hall–Kier alpha value is -2.57. The topological polar surface area (TPSA) is 41.4 Å². The predicted octanol–water partition coefficient (Wildman–Crippen LogP) is 3.88. The Morgan fingerprint density at radius 2 is 1.79 bits per heavy atom. The molecular weight excluding hydrogens is 380 g/mol. The van der Waals surface area contributed by atoms with E-state index in [0.29, 0.717) is 12.3 Å². The van der Waals surface area contributed by atoms with E-state index >= 15 is 0 Å². The number of fused-ring (bicyclic) bond motifs is 3. The van der Waals surface area contributed by atoms with Gasteiger partial charge in [0.25, 0.3) is 0 Å². The quantitative estimate of drug-likeness (QED) is 0.664. The number of amides is 1. The van der Waals surface area contributed by atoms with Gasteiger partial charge in [-0.1, -0.05) is 48.5 Å². The van der Waals surface area contributed by atoms with E-state index in [1.807, 2.05) is 72.3 Å². The molecule has 5 nitrogen and oxygen atoms in total. The number of nitrogens with zero attached hydrogens (tertiary/aromatic N) is 4. The molecule has 29 heavy (non-hydrogen) atoms. The molecule has 0 saturated carbocycles. The molecule has 2 atom stereocenters. The number of rotatable bonds is 3. The fourth-order valence-electron chi connectivity index (χ4n) is 4.54. The third-order valence-electron chi connectivity index (χ3n) is 5.92. The normalized spacial score (nSPS) is 21.1. The SMILES string of the molecule is Cc1nn(-c2ccccc2)c2c1[C@H]1[C@@H](CS2)CN(C(=O)Cc2ccccc2)N1C. The van der Waals surface area contributed by atoms with E-state index in [9.17, 15) is 4.79 Å². The van der Waals surface area contributed by atoms with Crippen LogP contribution in [0, 0.1) is 12.8 Å². The second-order valence-corrected chi connectivity index (χ2v) is 8.79. The number of thioether (sulfide) groups is 1. The molecule has 2 aromatic carbocycles. The minimum atomic E-state index is 0.160. The maximum atomic E-state index is 13.0. The average molecular weight is 405 g/mol. The van der Waals surface area contributed by atoms with Gasteiger partial charge in [0.1, 0.15) is 5.03 Å². The van der Waals surface area contributed by atoms with Crippen LogP contribution in [-0.4, -0.2) is 45.1 Å². The maximum Gasteiger partial charge on any atom is 0.241 e. The first-order valence-corrected chi connectivity index (χ1v) is 11.0. The molecule has 5 rings (SSSR count). The van der Waals surface area contributed by atoms with Gasteiger partial charge in [-0.2, -0.15) is 5.10 Å². The summed E-state index contributed by atoms with van der Waals surface area (Å²) in [5.74, 6) is 1.58. The molecule has 0 unspecified atom stereocenters. The standard InChI is InChI=1S/C23H24N4OS/c1-16-21-22-18(15-29-23(21)27(24-16)19-11-7-4-8-12-19)14-26(25(22)2)20(28)13-17-9-5-3-6-10-17/h3-12,18,22H,13-15H2,1-2H3/t18-,22-/m1/s1. The van der Waals surface area contributed by atoms with Crippen molar-refractivity contribution in [1.82, 2.24) is 19.8 Å². The van der Waals surface area contributed by atoms with Gasteiger partial charge in [0, 0.05) is 30.8 Å². The van der Waals surface area contributed by atoms with Crippen molar-refractivity contribution in [3.63, 3.8) is 0 Å². The number of hydrogen-bond acceptors (Lipinski definition) is 4. The monoisotopic (exact) mass is 404 g/mol. The van der Waals surface area contributed by atoms with E-state index < -0.39 is 0 Å². The molecule has 148 valence electrons. The predicted molar refractivity (Wildman–Crippen MR) is 115 cm³/mol. The van der Waals surface area contributed by atoms with Gasteiger partial charge in [0.2, 0.25) is 5.91 Å². The molecule has 0 radical (unpaired) electrons. The molecular formula is C23H24N4OS. The Bertz CT molecular complexity index is 1030. The number of benzene rings is 2. The summed E-state index contributed by atoms with van der Waals surface area (Å²) in [6, 6.07) is 20.5. The molecule has 1 amide bonds. The molecule has 0 spiro atoms. The first-order valence-electron chi connectivity index (χ1n) is 9.98. The summed E-state index contributed by atoms with van der Waals surface area (Å²) >= 11 is 1.86. The molecule has 0 bridgehead atoms. The molecule has 2 aliphatic rings. The lowest BCUT2D eigenvalue weighted by atomic mass is 9.96. The molecule has 0 N–H and O–H groups in total. The summed E-state index contributed by atoms with van der Waals surface area (Å²) in [5, 5.41) is 10.2. The summed E-state index contributed by atoms with van der Waals surface area (Å²) in [6.07, 6.45) is 0.437. The van der Waals surface area contributed by atoms with Gasteiger partial charge in [-0.15, -0.1) is 11.8 Å². The Kier molecular flexibility index (Phi) is 4.68. The zero-order valence-electron chi connectivity index (χ0n) is 16.7. The highest BCUT2D eigenvalue weighted by atomic mass is 32.2. The molecule has 2 aliphatic heterocycles. The number of aromatic nitrogens is 2. The van der Waals surface area contributed by atoms with Crippen LogP contribution in [0.5, 0.6) is 0 Å². The van der Waals surface area contributed by atoms with Crippen molar-refractivity contribution in [3.8, 4) is 5.69 Å². The van der Waals surface area contributed by atoms with Gasteiger partial charge in [-0.05, 0) is 24.6 Å². The number of hydrogen-bond donors (Lipinski definition) is 0. The summed E-state index contributed by atoms with van der Waals surface area (Å²) in [7, 11) is 2.05. The smallest absolute Gasteiger partial charge is 0.241 e. The summed E-state index contributed by atoms with van der Waals surface area (Å²) in [6.45, 7) is 2.86. The van der Waals surface area contributed by atoms with Crippen molar-refractivity contribution in [2.75, 3.05) is 19.3 Å². The lowest BCUT2D eigenvalue weighted by molar-refractivity contribution is -0.143. The first-order chi connectivity index (χ1) is 14.1. The van der Waals surface area contributed by atoms with Crippen LogP contribution >= 0.6 is 11.8 Å². The van der Waals surface area contributed by atoms with E-state index in [-0.39, 0.29) is 11.9 Å². The van der Waals surface area contributed by atoms with Crippen LogP contribution in [0.4, 0.5) is 0 Å². The van der Waals surface area contributed by atoms with Gasteiger partial charge >= 0.3 is 0 Å². The largest absolute Gasteiger partial charge is 0.274 e. The van der Waals surface area contributed by atoms with Gasteiger partial charge in [0.05, 0.1) is 23.8 Å². The van der Waals surface area contributed by atoms with E-state index in [4.69, 9.17) is 5.10 Å². The second-order valence-electron chi connectivity index (χ2n) is 7.78. The van der Waals surface area contributed by atoms with Crippen molar-refractivity contribution >= 4 is 17.7 Å². The van der Waals surface area contributed by atoms with Crippen molar-refractivity contribution in [2.45, 2.75) is 24.4 Å². The van der Waals surface area contributed by atoms with Crippen LogP contribution in [0.3, 0.4) is 0 Å². The van der Waals surface area contributed by atoms with Crippen molar-refractivity contribution in [3.05, 3.63) is 77.5 Å². The molecule has 1 fully saturated rings. The highest BCUT2D eigenvalue weighted by molar-refractivity contribution is 7.99. The van der Waals surface area contributed by atoms with Crippen LogP contribution in [0.15, 0.2) is 65.7 Å². The summed E-state index contributed by atoms with van der Waals surface area (Å²) < 4.78 is 2.06. The van der Waals surface area contributed by atoms with Crippen LogP contribution in [0.25, 0.3) is 5.69 Å². The minimum absolute atomic E-state index is 0.160. The van der Waals surface area contributed by atoms with E-state index in [1.165, 1.54) is 10.6 Å². The lowest BCUT2D eigenvalue weighted by Gasteiger charge is -2.31. The fourth-order valence-corrected chi connectivity index (χ4v) is 5.89. The van der Waals surface area contributed by atoms with Crippen LogP contribution in [0.2, 0.25) is 0 Å².